The normalized spacial score (nSPS) is 25.0. The van der Waals surface area contributed by atoms with E-state index >= 15 is 0 Å². The highest BCUT2D eigenvalue weighted by molar-refractivity contribution is 6.76. The fraction of sp³-hybridized carbons (Fsp3) is 0.609. The molecule has 31 heavy (non-hydrogen) atoms. The van der Waals surface area contributed by atoms with Crippen molar-refractivity contribution >= 4 is 25.9 Å². The number of phenols is 1. The minimum Gasteiger partial charge on any atom is -0.508 e. The number of carbonyl (C=O) groups excluding carboxylic acids is 3. The van der Waals surface area contributed by atoms with Crippen LogP contribution in [0, 0.1) is 5.92 Å². The number of carbonyl (C=O) groups is 3. The van der Waals surface area contributed by atoms with Gasteiger partial charge in [-0.1, -0.05) is 25.7 Å². The van der Waals surface area contributed by atoms with Gasteiger partial charge in [0.25, 0.3) is 0 Å². The number of phenolic OH excluding ortho intramolecular Hbond substituents is 1. The quantitative estimate of drug-likeness (QED) is 0.474. The fourth-order valence-electron chi connectivity index (χ4n) is 4.53. The van der Waals surface area contributed by atoms with E-state index in [4.69, 9.17) is 4.74 Å². The smallest absolute Gasteiger partial charge is 0.315 e. The van der Waals surface area contributed by atoms with Gasteiger partial charge >= 0.3 is 12.0 Å². The Morgan fingerprint density at radius 1 is 1.19 bits per heavy atom. The molecule has 0 radical (unpaired) electrons. The number of hydrogen-bond acceptors (Lipinski definition) is 5. The molecule has 3 aliphatic carbocycles. The van der Waals surface area contributed by atoms with Gasteiger partial charge < -0.3 is 20.5 Å². The second-order valence-electron chi connectivity index (χ2n) is 10.9. The molecule has 1 saturated carbocycles. The summed E-state index contributed by atoms with van der Waals surface area (Å²) in [6.07, 6.45) is 0.231. The second-order valence-corrected chi connectivity index (χ2v) is 16.6. The molecule has 0 aromatic heterocycles. The maximum Gasteiger partial charge on any atom is 0.315 e. The molecule has 4 atom stereocenters. The molecule has 8 heteroatoms. The molecule has 0 spiro atoms. The topological polar surface area (TPSA) is 105 Å². The van der Waals surface area contributed by atoms with Crippen LogP contribution in [-0.4, -0.2) is 49.2 Å². The van der Waals surface area contributed by atoms with Gasteiger partial charge in [0.05, 0.1) is 24.5 Å². The first-order valence-electron chi connectivity index (χ1n) is 10.9. The zero-order valence-corrected chi connectivity index (χ0v) is 20.2. The molecule has 2 bridgehead atoms. The maximum atomic E-state index is 13.2. The van der Waals surface area contributed by atoms with Gasteiger partial charge in [-0.3, -0.25) is 9.59 Å². The molecular weight excluding hydrogens is 412 g/mol. The highest BCUT2D eigenvalue weighted by Gasteiger charge is 2.55. The number of Topliss-reactive ketones (excluding diaryl/α,β-unsaturated/α-hetero) is 1. The van der Waals surface area contributed by atoms with Crippen molar-refractivity contribution in [3.63, 3.8) is 0 Å². The van der Waals surface area contributed by atoms with Crippen LogP contribution in [-0.2, 0) is 14.3 Å². The summed E-state index contributed by atoms with van der Waals surface area (Å²) in [6, 6.07) is 4.63. The van der Waals surface area contributed by atoms with E-state index in [-0.39, 0.29) is 29.8 Å². The third-order valence-corrected chi connectivity index (χ3v) is 7.61. The van der Waals surface area contributed by atoms with Gasteiger partial charge in [0.2, 0.25) is 0 Å². The van der Waals surface area contributed by atoms with Crippen molar-refractivity contribution in [1.29, 1.82) is 0 Å². The standard InChI is InChI=1S/C23H34N2O5Si/c1-23(2,3)25-22(29)24-20-18-15-11-13(26)7-8-14(15)16(12-17(18)27)19(20)21(28)30-9-10-31(4,5)6/h7-8,11,16,18-20,26H,9-10,12H2,1-6H3,(H2,24,25,29)/t16?,18-,19-,20-/m1/s1. The Hall–Kier alpha value is -2.35. The lowest BCUT2D eigenvalue weighted by Crippen LogP contribution is -2.60. The van der Waals surface area contributed by atoms with Crippen LogP contribution in [0.5, 0.6) is 5.75 Å². The molecule has 3 aliphatic rings. The van der Waals surface area contributed by atoms with E-state index in [1.807, 2.05) is 20.8 Å². The molecule has 1 fully saturated rings. The van der Waals surface area contributed by atoms with Crippen LogP contribution in [0.2, 0.25) is 25.7 Å². The first-order chi connectivity index (χ1) is 14.3. The zero-order chi connectivity index (χ0) is 23.1. The molecule has 0 saturated heterocycles. The summed E-state index contributed by atoms with van der Waals surface area (Å²) in [5.74, 6) is -2.06. The number of urea groups is 1. The Morgan fingerprint density at radius 3 is 2.48 bits per heavy atom. The number of nitrogens with one attached hydrogen (secondary N) is 2. The van der Waals surface area contributed by atoms with Crippen LogP contribution >= 0.6 is 0 Å². The average Bonchev–Trinajstić information content (AvgIpc) is 2.58. The van der Waals surface area contributed by atoms with Crippen LogP contribution in [0.3, 0.4) is 0 Å². The van der Waals surface area contributed by atoms with E-state index in [0.29, 0.717) is 12.2 Å². The number of aromatic hydroxyl groups is 1. The molecular formula is C23H34N2O5Si. The Balaban J connectivity index is 1.92. The van der Waals surface area contributed by atoms with Crippen LogP contribution < -0.4 is 10.6 Å². The van der Waals surface area contributed by atoms with Crippen LogP contribution in [0.1, 0.15) is 50.2 Å². The second kappa shape index (κ2) is 8.30. The Kier molecular flexibility index (Phi) is 6.24. The first kappa shape index (κ1) is 23.3. The minimum atomic E-state index is -1.37. The predicted octanol–water partition coefficient (Wildman–Crippen LogP) is 3.51. The SMILES string of the molecule is CC(C)(C)NC(=O)N[C@H]1[C@H](C(=O)OCC[Si](C)(C)C)C2CC(=O)[C@H]1c1cc(O)ccc12. The first-order valence-corrected chi connectivity index (χ1v) is 14.6. The van der Waals surface area contributed by atoms with Crippen LogP contribution in [0.15, 0.2) is 18.2 Å². The van der Waals surface area contributed by atoms with E-state index in [0.717, 1.165) is 11.6 Å². The summed E-state index contributed by atoms with van der Waals surface area (Å²) in [5, 5.41) is 15.7. The number of ketones is 1. The van der Waals surface area contributed by atoms with Gasteiger partial charge in [0.15, 0.2) is 0 Å². The molecule has 0 heterocycles. The Morgan fingerprint density at radius 2 is 1.87 bits per heavy atom. The van der Waals surface area contributed by atoms with Gasteiger partial charge in [-0.15, -0.1) is 0 Å². The lowest BCUT2D eigenvalue weighted by Gasteiger charge is -2.47. The molecule has 1 aromatic rings. The summed E-state index contributed by atoms with van der Waals surface area (Å²) >= 11 is 0. The number of benzene rings is 1. The zero-order valence-electron chi connectivity index (χ0n) is 19.2. The number of ether oxygens (including phenoxy) is 1. The van der Waals surface area contributed by atoms with Crippen molar-refractivity contribution < 1.29 is 24.2 Å². The van der Waals surface area contributed by atoms with Crippen molar-refractivity contribution in [3.05, 3.63) is 29.3 Å². The minimum absolute atomic E-state index is 0.0321. The largest absolute Gasteiger partial charge is 0.508 e. The molecule has 2 amide bonds. The lowest BCUT2D eigenvalue weighted by atomic mass is 9.58. The summed E-state index contributed by atoms with van der Waals surface area (Å²) in [5.41, 5.74) is 1.10. The lowest BCUT2D eigenvalue weighted by molar-refractivity contribution is -0.152. The predicted molar refractivity (Wildman–Crippen MR) is 121 cm³/mol. The van der Waals surface area contributed by atoms with Crippen molar-refractivity contribution in [2.24, 2.45) is 5.92 Å². The monoisotopic (exact) mass is 446 g/mol. The number of hydrogen-bond donors (Lipinski definition) is 3. The van der Waals surface area contributed by atoms with E-state index in [1.54, 1.807) is 18.2 Å². The average molecular weight is 447 g/mol. The Bertz CT molecular complexity index is 887. The third-order valence-electron chi connectivity index (χ3n) is 5.91. The van der Waals surface area contributed by atoms with Gasteiger partial charge in [-0.2, -0.15) is 0 Å². The Labute approximate surface area is 184 Å². The summed E-state index contributed by atoms with van der Waals surface area (Å²) in [6.45, 7) is 12.6. The number of esters is 1. The fourth-order valence-corrected chi connectivity index (χ4v) is 5.25. The van der Waals surface area contributed by atoms with Crippen molar-refractivity contribution in [1.82, 2.24) is 10.6 Å². The number of fused-ring (bicyclic) bond motifs is 2. The third kappa shape index (κ3) is 5.29. The molecule has 7 nitrogen and oxygen atoms in total. The number of amides is 2. The summed E-state index contributed by atoms with van der Waals surface area (Å²) < 4.78 is 5.66. The van der Waals surface area contributed by atoms with Crippen LogP contribution in [0.4, 0.5) is 4.79 Å². The maximum absolute atomic E-state index is 13.2. The summed E-state index contributed by atoms with van der Waals surface area (Å²) in [4.78, 5) is 38.8. The molecule has 1 unspecified atom stereocenters. The van der Waals surface area contributed by atoms with E-state index < -0.39 is 37.5 Å². The van der Waals surface area contributed by atoms with Gasteiger partial charge in [-0.25, -0.2) is 4.79 Å². The van der Waals surface area contributed by atoms with E-state index in [1.165, 1.54) is 0 Å². The van der Waals surface area contributed by atoms with Crippen LogP contribution in [0.25, 0.3) is 0 Å². The molecule has 1 aromatic carbocycles. The highest BCUT2D eigenvalue weighted by Crippen LogP contribution is 2.52. The molecule has 4 rings (SSSR count). The van der Waals surface area contributed by atoms with Crippen molar-refractivity contribution in [2.45, 2.75) is 76.3 Å². The van der Waals surface area contributed by atoms with Gasteiger partial charge in [0.1, 0.15) is 11.5 Å². The van der Waals surface area contributed by atoms with E-state index in [9.17, 15) is 19.5 Å². The van der Waals surface area contributed by atoms with Crippen molar-refractivity contribution in [2.75, 3.05) is 6.61 Å². The highest BCUT2D eigenvalue weighted by atomic mass is 28.3. The molecule has 0 aliphatic heterocycles. The molecule has 3 N–H and O–H groups in total. The van der Waals surface area contributed by atoms with E-state index in [2.05, 4.69) is 30.3 Å². The summed E-state index contributed by atoms with van der Waals surface area (Å²) in [7, 11) is -1.37. The van der Waals surface area contributed by atoms with Gasteiger partial charge in [-0.05, 0) is 50.1 Å². The van der Waals surface area contributed by atoms with Gasteiger partial charge in [0, 0.05) is 26.0 Å². The van der Waals surface area contributed by atoms with Crippen molar-refractivity contribution in [3.8, 4) is 5.75 Å². The number of rotatable bonds is 5. The molecule has 170 valence electrons.